The minimum Gasteiger partial charge on any atom is -0.324 e. The molecule has 1 aromatic heterocycles. The summed E-state index contributed by atoms with van der Waals surface area (Å²) in [5, 5.41) is 5.22. The van der Waals surface area contributed by atoms with Gasteiger partial charge in [-0.15, -0.1) is 0 Å². The Morgan fingerprint density at radius 3 is 2.31 bits per heavy atom. The molecule has 0 bridgehead atoms. The first kappa shape index (κ1) is 24.3. The van der Waals surface area contributed by atoms with Gasteiger partial charge >= 0.3 is 0 Å². The lowest BCUT2D eigenvalue weighted by Gasteiger charge is -2.16. The van der Waals surface area contributed by atoms with Crippen molar-refractivity contribution in [2.75, 3.05) is 23.7 Å². The number of hydrogen-bond donors (Lipinski definition) is 2. The second-order valence-electron chi connectivity index (χ2n) is 8.00. The minimum atomic E-state index is -3.76. The molecule has 1 fully saturated rings. The number of carbonyl (C=O) groups is 2. The van der Waals surface area contributed by atoms with Crippen LogP contribution in [0, 0.1) is 5.82 Å². The molecule has 35 heavy (non-hydrogen) atoms. The summed E-state index contributed by atoms with van der Waals surface area (Å²) in [6.45, 7) is 0.382. The molecule has 0 spiro atoms. The van der Waals surface area contributed by atoms with Gasteiger partial charge in [0, 0.05) is 31.0 Å². The molecule has 2 heterocycles. The zero-order chi connectivity index (χ0) is 25.0. The molecule has 0 atom stereocenters. The third-order valence-corrected chi connectivity index (χ3v) is 7.40. The van der Waals surface area contributed by atoms with E-state index in [4.69, 9.17) is 0 Å². The average molecular weight is 499 g/mol. The van der Waals surface area contributed by atoms with Crippen molar-refractivity contribution in [2.45, 2.75) is 24.3 Å². The predicted octanol–water partition coefficient (Wildman–Crippen LogP) is 2.66. The first-order valence-electron chi connectivity index (χ1n) is 10.9. The van der Waals surface area contributed by atoms with Crippen molar-refractivity contribution in [1.82, 2.24) is 8.87 Å². The molecule has 182 valence electrons. The fraction of sp³-hybridized carbons (Fsp3) is 0.208. The lowest BCUT2D eigenvalue weighted by atomic mass is 10.1. The molecule has 0 aliphatic carbocycles. The van der Waals surface area contributed by atoms with Crippen LogP contribution < -0.4 is 16.2 Å². The second kappa shape index (κ2) is 10.2. The van der Waals surface area contributed by atoms with Gasteiger partial charge < -0.3 is 15.2 Å². The molecule has 11 heteroatoms. The number of pyridine rings is 1. The summed E-state index contributed by atoms with van der Waals surface area (Å²) in [6, 6.07) is 13.8. The van der Waals surface area contributed by atoms with Crippen molar-refractivity contribution in [2.24, 2.45) is 0 Å². The molecule has 0 unspecified atom stereocenters. The Morgan fingerprint density at radius 1 is 0.914 bits per heavy atom. The van der Waals surface area contributed by atoms with Crippen molar-refractivity contribution < 1.29 is 22.4 Å². The molecule has 2 aromatic carbocycles. The summed E-state index contributed by atoms with van der Waals surface area (Å²) in [7, 11) is -3.76. The fourth-order valence-corrected chi connectivity index (χ4v) is 5.27. The Morgan fingerprint density at radius 2 is 1.60 bits per heavy atom. The normalized spacial score (nSPS) is 14.0. The van der Waals surface area contributed by atoms with Gasteiger partial charge in [0.1, 0.15) is 12.4 Å². The molecule has 3 aromatic rings. The summed E-state index contributed by atoms with van der Waals surface area (Å²) in [4.78, 5) is 37.7. The van der Waals surface area contributed by atoms with Crippen LogP contribution in [0.15, 0.2) is 76.6 Å². The number of hydrogen-bond acceptors (Lipinski definition) is 5. The number of halogens is 1. The lowest BCUT2D eigenvalue weighted by Crippen LogP contribution is -2.31. The Bertz CT molecular complexity index is 1410. The fourth-order valence-electron chi connectivity index (χ4n) is 3.73. The van der Waals surface area contributed by atoms with Gasteiger partial charge in [0.25, 0.3) is 11.5 Å². The lowest BCUT2D eigenvalue weighted by molar-refractivity contribution is -0.116. The van der Waals surface area contributed by atoms with Gasteiger partial charge in [0.05, 0.1) is 16.1 Å². The van der Waals surface area contributed by atoms with E-state index in [0.717, 1.165) is 29.7 Å². The van der Waals surface area contributed by atoms with Gasteiger partial charge in [-0.3, -0.25) is 14.4 Å². The molecule has 0 saturated carbocycles. The Hall–Kier alpha value is -3.83. The van der Waals surface area contributed by atoms with Crippen LogP contribution in [0.2, 0.25) is 0 Å². The summed E-state index contributed by atoms with van der Waals surface area (Å²) in [5.41, 5.74) is 0.192. The van der Waals surface area contributed by atoms with Crippen LogP contribution in [0.4, 0.5) is 15.8 Å². The van der Waals surface area contributed by atoms with Gasteiger partial charge in [-0.25, -0.2) is 12.8 Å². The third-order valence-electron chi connectivity index (χ3n) is 5.52. The Balaban J connectivity index is 1.50. The number of rotatable bonds is 7. The van der Waals surface area contributed by atoms with Gasteiger partial charge in [-0.1, -0.05) is 12.1 Å². The van der Waals surface area contributed by atoms with Crippen LogP contribution >= 0.6 is 0 Å². The number of aromatic nitrogens is 1. The number of anilines is 2. The maximum atomic E-state index is 13.1. The molecular weight excluding hydrogens is 475 g/mol. The highest BCUT2D eigenvalue weighted by atomic mass is 32.2. The van der Waals surface area contributed by atoms with Crippen LogP contribution in [0.3, 0.4) is 0 Å². The average Bonchev–Trinajstić information content (AvgIpc) is 3.38. The monoisotopic (exact) mass is 498 g/mol. The van der Waals surface area contributed by atoms with Crippen LogP contribution in [-0.4, -0.2) is 42.2 Å². The zero-order valence-electron chi connectivity index (χ0n) is 18.6. The maximum Gasteiger partial charge on any atom is 0.257 e. The highest BCUT2D eigenvalue weighted by Crippen LogP contribution is 2.20. The van der Waals surface area contributed by atoms with Gasteiger partial charge in [-0.05, 0) is 55.3 Å². The highest BCUT2D eigenvalue weighted by Gasteiger charge is 2.27. The molecule has 9 nitrogen and oxygen atoms in total. The van der Waals surface area contributed by atoms with E-state index in [9.17, 15) is 27.2 Å². The number of amides is 2. The van der Waals surface area contributed by atoms with E-state index in [1.54, 1.807) is 12.1 Å². The van der Waals surface area contributed by atoms with Crippen molar-refractivity contribution in [3.05, 3.63) is 88.6 Å². The number of sulfonamides is 1. The first-order valence-corrected chi connectivity index (χ1v) is 12.3. The molecule has 1 aliphatic rings. The standard InChI is InChI=1S/C24H23FN4O5S/c25-17-7-9-18(10-8-17)26-24(32)20-5-1-2-6-21(20)27-22(30)16-28-15-19(11-12-23(28)31)35(33,34)29-13-3-4-14-29/h1-2,5-12,15H,3-4,13-14,16H2,(H,26,32)(H,27,30). The van der Waals surface area contributed by atoms with Crippen LogP contribution in [-0.2, 0) is 21.4 Å². The van der Waals surface area contributed by atoms with Crippen LogP contribution in [0.1, 0.15) is 23.2 Å². The van der Waals surface area contributed by atoms with Crippen molar-refractivity contribution in [1.29, 1.82) is 0 Å². The summed E-state index contributed by atoms with van der Waals surface area (Å²) in [5.74, 6) is -1.59. The number of benzene rings is 2. The van der Waals surface area contributed by atoms with Gasteiger partial charge in [-0.2, -0.15) is 4.31 Å². The smallest absolute Gasteiger partial charge is 0.257 e. The van der Waals surface area contributed by atoms with Crippen molar-refractivity contribution in [3.63, 3.8) is 0 Å². The largest absolute Gasteiger partial charge is 0.324 e. The van der Waals surface area contributed by atoms with Gasteiger partial charge in [0.15, 0.2) is 0 Å². The second-order valence-corrected chi connectivity index (χ2v) is 9.93. The first-order chi connectivity index (χ1) is 16.7. The van der Waals surface area contributed by atoms with E-state index >= 15 is 0 Å². The van der Waals surface area contributed by atoms with Gasteiger partial charge in [0.2, 0.25) is 15.9 Å². The Labute approximate surface area is 201 Å². The zero-order valence-corrected chi connectivity index (χ0v) is 19.4. The number of para-hydroxylation sites is 1. The molecule has 1 aliphatic heterocycles. The molecule has 2 amide bonds. The SMILES string of the molecule is O=C(Cn1cc(S(=O)(=O)N2CCCC2)ccc1=O)Nc1ccccc1C(=O)Nc1ccc(F)cc1. The van der Waals surface area contributed by atoms with E-state index in [1.165, 1.54) is 46.8 Å². The Kier molecular flexibility index (Phi) is 7.08. The topological polar surface area (TPSA) is 118 Å². The quantitative estimate of drug-likeness (QED) is 0.519. The maximum absolute atomic E-state index is 13.1. The third kappa shape index (κ3) is 5.64. The van der Waals surface area contributed by atoms with E-state index in [0.29, 0.717) is 18.8 Å². The van der Waals surface area contributed by atoms with E-state index in [1.807, 2.05) is 0 Å². The number of nitrogens with one attached hydrogen (secondary N) is 2. The van der Waals surface area contributed by atoms with E-state index in [-0.39, 0.29) is 16.1 Å². The van der Waals surface area contributed by atoms with Crippen molar-refractivity contribution >= 4 is 33.2 Å². The van der Waals surface area contributed by atoms with Crippen molar-refractivity contribution in [3.8, 4) is 0 Å². The van der Waals surface area contributed by atoms with Crippen LogP contribution in [0.5, 0.6) is 0 Å². The number of nitrogens with zero attached hydrogens (tertiary/aromatic N) is 2. The van der Waals surface area contributed by atoms with Crippen LogP contribution in [0.25, 0.3) is 0 Å². The molecule has 0 radical (unpaired) electrons. The predicted molar refractivity (Wildman–Crippen MR) is 128 cm³/mol. The summed E-state index contributed by atoms with van der Waals surface area (Å²) >= 11 is 0. The summed E-state index contributed by atoms with van der Waals surface area (Å²) in [6.07, 6.45) is 2.70. The van der Waals surface area contributed by atoms with E-state index in [2.05, 4.69) is 10.6 Å². The van der Waals surface area contributed by atoms with E-state index < -0.39 is 39.8 Å². The molecular formula is C24H23FN4O5S. The molecule has 1 saturated heterocycles. The molecule has 2 N–H and O–H groups in total. The highest BCUT2D eigenvalue weighted by molar-refractivity contribution is 7.89. The number of carbonyl (C=O) groups excluding carboxylic acids is 2. The minimum absolute atomic E-state index is 0.0640. The summed E-state index contributed by atoms with van der Waals surface area (Å²) < 4.78 is 41.1. The molecule has 4 rings (SSSR count).